The van der Waals surface area contributed by atoms with Gasteiger partial charge in [-0.25, -0.2) is 4.39 Å². The largest absolute Gasteiger partial charge is 0.387 e. The van der Waals surface area contributed by atoms with Gasteiger partial charge in [0.25, 0.3) is 0 Å². The molecule has 2 N–H and O–H groups in total. The molecule has 1 heterocycles. The molecule has 2 rings (SSSR count). The monoisotopic (exact) mass is 318 g/mol. The Hall–Kier alpha value is -2.34. The maximum Gasteiger partial charge on any atom is 0.193 e. The standard InChI is InChI=1S/C17H23FN4O/c1-19-17(22(3)12-15-8-5-9-21(15)2)20-11-16(23)13-6-4-7-14(18)10-13/h4-10,16,23H,11-12H2,1-3H3,(H,19,20). The van der Waals surface area contributed by atoms with Gasteiger partial charge in [-0.2, -0.15) is 0 Å². The second-order valence-corrected chi connectivity index (χ2v) is 5.47. The van der Waals surface area contributed by atoms with E-state index in [9.17, 15) is 9.50 Å². The molecule has 0 radical (unpaired) electrons. The van der Waals surface area contributed by atoms with E-state index in [2.05, 4.69) is 10.3 Å². The molecule has 0 amide bonds. The third-order valence-corrected chi connectivity index (χ3v) is 3.71. The van der Waals surface area contributed by atoms with Gasteiger partial charge in [0.05, 0.1) is 12.6 Å². The van der Waals surface area contributed by atoms with E-state index in [1.54, 1.807) is 19.2 Å². The van der Waals surface area contributed by atoms with Crippen molar-refractivity contribution in [3.05, 3.63) is 59.7 Å². The predicted octanol–water partition coefficient (Wildman–Crippen LogP) is 1.91. The molecule has 0 fully saturated rings. The van der Waals surface area contributed by atoms with Crippen molar-refractivity contribution < 1.29 is 9.50 Å². The van der Waals surface area contributed by atoms with Crippen LogP contribution in [0.2, 0.25) is 0 Å². The fraction of sp³-hybridized carbons (Fsp3) is 0.353. The minimum atomic E-state index is -0.800. The Morgan fingerprint density at radius 2 is 2.17 bits per heavy atom. The number of aryl methyl sites for hydroxylation is 1. The Labute approximate surface area is 136 Å². The first kappa shape index (κ1) is 17.0. The molecule has 2 aromatic rings. The third kappa shape index (κ3) is 4.56. The van der Waals surface area contributed by atoms with Crippen molar-refractivity contribution in [3.63, 3.8) is 0 Å². The lowest BCUT2D eigenvalue weighted by Crippen LogP contribution is -2.40. The molecule has 23 heavy (non-hydrogen) atoms. The molecule has 1 aromatic heterocycles. The second kappa shape index (κ2) is 7.78. The highest BCUT2D eigenvalue weighted by Gasteiger charge is 2.12. The van der Waals surface area contributed by atoms with Crippen LogP contribution in [-0.2, 0) is 13.6 Å². The lowest BCUT2D eigenvalue weighted by Gasteiger charge is -2.23. The summed E-state index contributed by atoms with van der Waals surface area (Å²) in [5, 5.41) is 13.3. The number of benzene rings is 1. The van der Waals surface area contributed by atoms with Gasteiger partial charge in [0.2, 0.25) is 0 Å². The molecule has 1 unspecified atom stereocenters. The van der Waals surface area contributed by atoms with Crippen molar-refractivity contribution in [1.29, 1.82) is 0 Å². The van der Waals surface area contributed by atoms with Gasteiger partial charge < -0.3 is 19.9 Å². The zero-order chi connectivity index (χ0) is 16.8. The first-order chi connectivity index (χ1) is 11.0. The molecule has 0 spiro atoms. The van der Waals surface area contributed by atoms with Gasteiger partial charge in [-0.3, -0.25) is 4.99 Å². The molecule has 0 aliphatic rings. The van der Waals surface area contributed by atoms with Crippen LogP contribution in [0.15, 0.2) is 47.6 Å². The van der Waals surface area contributed by atoms with Gasteiger partial charge in [-0.05, 0) is 29.8 Å². The molecule has 6 heteroatoms. The number of aliphatic hydroxyl groups excluding tert-OH is 1. The Balaban J connectivity index is 1.93. The van der Waals surface area contributed by atoms with Crippen molar-refractivity contribution in [1.82, 2.24) is 14.8 Å². The first-order valence-electron chi connectivity index (χ1n) is 7.46. The van der Waals surface area contributed by atoms with Crippen molar-refractivity contribution in [2.45, 2.75) is 12.6 Å². The van der Waals surface area contributed by atoms with E-state index >= 15 is 0 Å². The molecule has 5 nitrogen and oxygen atoms in total. The Morgan fingerprint density at radius 3 is 2.78 bits per heavy atom. The highest BCUT2D eigenvalue weighted by molar-refractivity contribution is 5.79. The lowest BCUT2D eigenvalue weighted by atomic mass is 10.1. The lowest BCUT2D eigenvalue weighted by molar-refractivity contribution is 0.179. The summed E-state index contributed by atoms with van der Waals surface area (Å²) >= 11 is 0. The van der Waals surface area contributed by atoms with Crippen LogP contribution in [0.4, 0.5) is 4.39 Å². The summed E-state index contributed by atoms with van der Waals surface area (Å²) < 4.78 is 15.3. The van der Waals surface area contributed by atoms with Crippen LogP contribution < -0.4 is 5.32 Å². The van der Waals surface area contributed by atoms with Crippen LogP contribution in [0.25, 0.3) is 0 Å². The number of halogens is 1. The van der Waals surface area contributed by atoms with E-state index in [1.165, 1.54) is 12.1 Å². The number of nitrogens with zero attached hydrogens (tertiary/aromatic N) is 3. The van der Waals surface area contributed by atoms with E-state index in [0.29, 0.717) is 18.1 Å². The second-order valence-electron chi connectivity index (χ2n) is 5.47. The summed E-state index contributed by atoms with van der Waals surface area (Å²) in [5.41, 5.74) is 1.69. The number of aromatic nitrogens is 1. The Morgan fingerprint density at radius 1 is 1.39 bits per heavy atom. The number of aliphatic hydroxyl groups is 1. The van der Waals surface area contributed by atoms with Gasteiger partial charge in [-0.1, -0.05) is 12.1 Å². The van der Waals surface area contributed by atoms with Crippen LogP contribution in [0.5, 0.6) is 0 Å². The van der Waals surface area contributed by atoms with Crippen molar-refractivity contribution >= 4 is 5.96 Å². The summed E-state index contributed by atoms with van der Waals surface area (Å²) in [6.07, 6.45) is 1.19. The molecule has 1 atom stereocenters. The number of hydrogen-bond donors (Lipinski definition) is 2. The minimum Gasteiger partial charge on any atom is -0.387 e. The Kier molecular flexibility index (Phi) is 5.76. The molecule has 0 aliphatic carbocycles. The summed E-state index contributed by atoms with van der Waals surface area (Å²) in [6.45, 7) is 0.951. The quantitative estimate of drug-likeness (QED) is 0.654. The first-order valence-corrected chi connectivity index (χ1v) is 7.46. The van der Waals surface area contributed by atoms with Gasteiger partial charge >= 0.3 is 0 Å². The van der Waals surface area contributed by atoms with Crippen LogP contribution >= 0.6 is 0 Å². The number of aliphatic imine (C=N–C) groups is 1. The van der Waals surface area contributed by atoms with Crippen molar-refractivity contribution in [2.24, 2.45) is 12.0 Å². The average molecular weight is 318 g/mol. The fourth-order valence-corrected chi connectivity index (χ4v) is 2.38. The minimum absolute atomic E-state index is 0.258. The number of hydrogen-bond acceptors (Lipinski definition) is 2. The molecular weight excluding hydrogens is 295 g/mol. The molecule has 0 saturated heterocycles. The maximum absolute atomic E-state index is 13.2. The van der Waals surface area contributed by atoms with Crippen LogP contribution in [0, 0.1) is 5.82 Å². The van der Waals surface area contributed by atoms with E-state index < -0.39 is 6.10 Å². The SMILES string of the molecule is CN=C(NCC(O)c1cccc(F)c1)N(C)Cc1cccn1C. The Bertz CT molecular complexity index is 668. The average Bonchev–Trinajstić information content (AvgIpc) is 2.92. The maximum atomic E-state index is 13.2. The molecular formula is C17H23FN4O. The summed E-state index contributed by atoms with van der Waals surface area (Å²) in [5.74, 6) is 0.313. The van der Waals surface area contributed by atoms with E-state index in [1.807, 2.05) is 41.9 Å². The van der Waals surface area contributed by atoms with E-state index in [4.69, 9.17) is 0 Å². The van der Waals surface area contributed by atoms with Crippen molar-refractivity contribution in [3.8, 4) is 0 Å². The van der Waals surface area contributed by atoms with Crippen molar-refractivity contribution in [2.75, 3.05) is 20.6 Å². The van der Waals surface area contributed by atoms with Crippen LogP contribution in [0.1, 0.15) is 17.4 Å². The smallest absolute Gasteiger partial charge is 0.193 e. The highest BCUT2D eigenvalue weighted by Crippen LogP contribution is 2.13. The van der Waals surface area contributed by atoms with Crippen LogP contribution in [-0.4, -0.2) is 41.2 Å². The highest BCUT2D eigenvalue weighted by atomic mass is 19.1. The van der Waals surface area contributed by atoms with Gasteiger partial charge in [0, 0.05) is 39.6 Å². The molecule has 0 aliphatic heterocycles. The topological polar surface area (TPSA) is 52.8 Å². The number of rotatable bonds is 5. The third-order valence-electron chi connectivity index (χ3n) is 3.71. The van der Waals surface area contributed by atoms with E-state index in [-0.39, 0.29) is 12.4 Å². The van der Waals surface area contributed by atoms with Gasteiger partial charge in [0.1, 0.15) is 5.82 Å². The molecule has 0 bridgehead atoms. The molecule has 1 aromatic carbocycles. The zero-order valence-electron chi connectivity index (χ0n) is 13.7. The van der Waals surface area contributed by atoms with E-state index in [0.717, 1.165) is 5.69 Å². The number of nitrogens with one attached hydrogen (secondary N) is 1. The predicted molar refractivity (Wildman–Crippen MR) is 89.6 cm³/mol. The summed E-state index contributed by atoms with van der Waals surface area (Å²) in [4.78, 5) is 6.18. The number of guanidine groups is 1. The molecule has 0 saturated carbocycles. The molecule has 124 valence electrons. The summed E-state index contributed by atoms with van der Waals surface area (Å²) in [6, 6.07) is 10.0. The van der Waals surface area contributed by atoms with Gasteiger partial charge in [-0.15, -0.1) is 0 Å². The van der Waals surface area contributed by atoms with Crippen LogP contribution in [0.3, 0.4) is 0 Å². The summed E-state index contributed by atoms with van der Waals surface area (Å²) in [7, 11) is 5.61. The fourth-order valence-electron chi connectivity index (χ4n) is 2.38. The normalized spacial score (nSPS) is 13.0. The van der Waals surface area contributed by atoms with Gasteiger partial charge in [0.15, 0.2) is 5.96 Å². The zero-order valence-corrected chi connectivity index (χ0v) is 13.7.